The summed E-state index contributed by atoms with van der Waals surface area (Å²) >= 11 is 0. The number of quaternary nitrogens is 1. The highest BCUT2D eigenvalue weighted by Gasteiger charge is 2.20. The molecule has 2 N–H and O–H groups in total. The van der Waals surface area contributed by atoms with Gasteiger partial charge in [0.15, 0.2) is 0 Å². The van der Waals surface area contributed by atoms with E-state index in [0.29, 0.717) is 6.61 Å². The summed E-state index contributed by atoms with van der Waals surface area (Å²) in [7, 11) is 0. The van der Waals surface area contributed by atoms with E-state index in [9.17, 15) is 5.11 Å². The van der Waals surface area contributed by atoms with Crippen molar-refractivity contribution in [2.75, 3.05) is 26.2 Å². The summed E-state index contributed by atoms with van der Waals surface area (Å²) < 4.78 is 5.74. The van der Waals surface area contributed by atoms with Crippen LogP contribution >= 0.6 is 0 Å². The highest BCUT2D eigenvalue weighted by atomic mass is 16.5. The number of aryl methyl sites for hydroxylation is 2. The number of nitrogens with one attached hydrogen (secondary N) is 1. The largest absolute Gasteiger partial charge is 0.491 e. The molecule has 0 bridgehead atoms. The smallest absolute Gasteiger partial charge is 0.137 e. The Morgan fingerprint density at radius 1 is 1.11 bits per heavy atom. The lowest BCUT2D eigenvalue weighted by Gasteiger charge is -2.17. The number of fused-ring (bicyclic) bond motifs is 1. The van der Waals surface area contributed by atoms with Crippen molar-refractivity contribution in [2.45, 2.75) is 38.2 Å². The van der Waals surface area contributed by atoms with E-state index in [1.807, 2.05) is 6.07 Å². The van der Waals surface area contributed by atoms with E-state index in [1.54, 1.807) is 0 Å². The highest BCUT2D eigenvalue weighted by Crippen LogP contribution is 2.25. The molecule has 3 rings (SSSR count). The van der Waals surface area contributed by atoms with Gasteiger partial charge in [-0.25, -0.2) is 0 Å². The average Bonchev–Trinajstić information content (AvgIpc) is 3.06. The molecular formula is C16H24NO2+. The Balaban J connectivity index is 1.48. The number of benzene rings is 1. The van der Waals surface area contributed by atoms with E-state index in [-0.39, 0.29) is 6.10 Å². The highest BCUT2D eigenvalue weighted by molar-refractivity contribution is 5.38. The zero-order chi connectivity index (χ0) is 13.1. The summed E-state index contributed by atoms with van der Waals surface area (Å²) in [5, 5.41) is 10.0. The SMILES string of the molecule is O[C@H](COc1ccc2c(c1)CCC2)C[NH+]1CCCC1. The summed E-state index contributed by atoms with van der Waals surface area (Å²) in [6, 6.07) is 6.37. The molecule has 2 aliphatic rings. The Labute approximate surface area is 115 Å². The van der Waals surface area contributed by atoms with Crippen molar-refractivity contribution in [2.24, 2.45) is 0 Å². The molecule has 0 spiro atoms. The molecule has 3 nitrogen and oxygen atoms in total. The summed E-state index contributed by atoms with van der Waals surface area (Å²) in [6.45, 7) is 3.65. The first kappa shape index (κ1) is 12.9. The van der Waals surface area contributed by atoms with Crippen LogP contribution in [-0.2, 0) is 12.8 Å². The van der Waals surface area contributed by atoms with E-state index in [4.69, 9.17) is 4.74 Å². The standard InChI is InChI=1S/C16H23NO2/c18-15(11-17-8-1-2-9-17)12-19-16-7-6-13-4-3-5-14(13)10-16/h6-7,10,15,18H,1-5,8-9,11-12H2/p+1/t15-/m0/s1. The Bertz CT molecular complexity index is 427. The maximum absolute atomic E-state index is 10.0. The molecule has 0 amide bonds. The predicted octanol–water partition coefficient (Wildman–Crippen LogP) is 0.594. The number of aliphatic hydroxyl groups is 1. The van der Waals surface area contributed by atoms with Crippen LogP contribution in [0.5, 0.6) is 5.75 Å². The van der Waals surface area contributed by atoms with Crippen molar-refractivity contribution in [1.29, 1.82) is 0 Å². The lowest BCUT2D eigenvalue weighted by atomic mass is 10.1. The Kier molecular flexibility index (Phi) is 4.04. The summed E-state index contributed by atoms with van der Waals surface area (Å²) in [5.41, 5.74) is 2.89. The van der Waals surface area contributed by atoms with Crippen LogP contribution in [-0.4, -0.2) is 37.5 Å². The normalized spacial score (nSPS) is 20.5. The molecule has 1 fully saturated rings. The third-order valence-corrected chi connectivity index (χ3v) is 4.35. The first-order valence-corrected chi connectivity index (χ1v) is 7.57. The maximum atomic E-state index is 10.0. The predicted molar refractivity (Wildman–Crippen MR) is 74.8 cm³/mol. The minimum Gasteiger partial charge on any atom is -0.491 e. The topological polar surface area (TPSA) is 33.9 Å². The monoisotopic (exact) mass is 262 g/mol. The van der Waals surface area contributed by atoms with Crippen LogP contribution in [0.25, 0.3) is 0 Å². The number of rotatable bonds is 5. The van der Waals surface area contributed by atoms with Gasteiger partial charge in [-0.15, -0.1) is 0 Å². The molecule has 1 heterocycles. The van der Waals surface area contributed by atoms with Crippen molar-refractivity contribution in [3.63, 3.8) is 0 Å². The first-order chi connectivity index (χ1) is 9.31. The van der Waals surface area contributed by atoms with E-state index in [2.05, 4.69) is 12.1 Å². The van der Waals surface area contributed by atoms with Crippen LogP contribution in [0.2, 0.25) is 0 Å². The van der Waals surface area contributed by atoms with Gasteiger partial charge in [-0.2, -0.15) is 0 Å². The van der Waals surface area contributed by atoms with Gasteiger partial charge >= 0.3 is 0 Å². The fourth-order valence-electron chi connectivity index (χ4n) is 3.30. The third kappa shape index (κ3) is 3.28. The quantitative estimate of drug-likeness (QED) is 0.814. The van der Waals surface area contributed by atoms with Gasteiger partial charge in [0.25, 0.3) is 0 Å². The molecule has 0 aromatic heterocycles. The zero-order valence-corrected chi connectivity index (χ0v) is 11.5. The molecular weight excluding hydrogens is 238 g/mol. The maximum Gasteiger partial charge on any atom is 0.137 e. The van der Waals surface area contributed by atoms with Crippen LogP contribution in [0.15, 0.2) is 18.2 Å². The third-order valence-electron chi connectivity index (χ3n) is 4.35. The second-order valence-electron chi connectivity index (χ2n) is 5.91. The van der Waals surface area contributed by atoms with Gasteiger partial charge in [-0.05, 0) is 42.5 Å². The van der Waals surface area contributed by atoms with Crippen LogP contribution < -0.4 is 9.64 Å². The van der Waals surface area contributed by atoms with Crippen molar-refractivity contribution in [1.82, 2.24) is 0 Å². The van der Waals surface area contributed by atoms with Gasteiger partial charge in [0.05, 0.1) is 13.1 Å². The van der Waals surface area contributed by atoms with Crippen molar-refractivity contribution < 1.29 is 14.7 Å². The van der Waals surface area contributed by atoms with Gasteiger partial charge in [-0.1, -0.05) is 6.07 Å². The van der Waals surface area contributed by atoms with Crippen molar-refractivity contribution in [3.8, 4) is 5.75 Å². The Morgan fingerprint density at radius 2 is 1.89 bits per heavy atom. The molecule has 1 saturated heterocycles. The minimum absolute atomic E-state index is 0.346. The molecule has 1 aromatic carbocycles. The molecule has 1 aliphatic carbocycles. The summed E-state index contributed by atoms with van der Waals surface area (Å²) in [4.78, 5) is 1.52. The molecule has 0 saturated carbocycles. The summed E-state index contributed by atoms with van der Waals surface area (Å²) in [5.74, 6) is 0.913. The molecule has 1 atom stereocenters. The molecule has 104 valence electrons. The molecule has 3 heteroatoms. The van der Waals surface area contributed by atoms with Gasteiger partial charge in [0.1, 0.15) is 25.0 Å². The lowest BCUT2D eigenvalue weighted by Crippen LogP contribution is -3.11. The van der Waals surface area contributed by atoms with E-state index in [1.165, 1.54) is 61.2 Å². The molecule has 0 radical (unpaired) electrons. The second kappa shape index (κ2) is 5.93. The van der Waals surface area contributed by atoms with Gasteiger partial charge in [0.2, 0.25) is 0 Å². The fraction of sp³-hybridized carbons (Fsp3) is 0.625. The van der Waals surface area contributed by atoms with Gasteiger partial charge in [-0.3, -0.25) is 0 Å². The van der Waals surface area contributed by atoms with Crippen molar-refractivity contribution in [3.05, 3.63) is 29.3 Å². The van der Waals surface area contributed by atoms with E-state index in [0.717, 1.165) is 12.3 Å². The van der Waals surface area contributed by atoms with E-state index < -0.39 is 0 Å². The number of aliphatic hydroxyl groups excluding tert-OH is 1. The van der Waals surface area contributed by atoms with Gasteiger partial charge in [0, 0.05) is 12.8 Å². The molecule has 19 heavy (non-hydrogen) atoms. The number of hydrogen-bond acceptors (Lipinski definition) is 2. The molecule has 1 aliphatic heterocycles. The number of ether oxygens (including phenoxy) is 1. The number of hydrogen-bond donors (Lipinski definition) is 2. The fourth-order valence-corrected chi connectivity index (χ4v) is 3.30. The van der Waals surface area contributed by atoms with Gasteiger partial charge < -0.3 is 14.7 Å². The van der Waals surface area contributed by atoms with Crippen LogP contribution in [0, 0.1) is 0 Å². The number of likely N-dealkylation sites (tertiary alicyclic amines) is 1. The molecule has 1 aromatic rings. The second-order valence-corrected chi connectivity index (χ2v) is 5.91. The van der Waals surface area contributed by atoms with Crippen molar-refractivity contribution >= 4 is 0 Å². The lowest BCUT2D eigenvalue weighted by molar-refractivity contribution is -0.890. The van der Waals surface area contributed by atoms with Crippen LogP contribution in [0.3, 0.4) is 0 Å². The minimum atomic E-state index is -0.346. The molecule has 0 unspecified atom stereocenters. The Morgan fingerprint density at radius 3 is 2.74 bits per heavy atom. The Hall–Kier alpha value is -1.06. The first-order valence-electron chi connectivity index (χ1n) is 7.57. The van der Waals surface area contributed by atoms with Crippen LogP contribution in [0.1, 0.15) is 30.4 Å². The average molecular weight is 262 g/mol. The van der Waals surface area contributed by atoms with Crippen LogP contribution in [0.4, 0.5) is 0 Å². The van der Waals surface area contributed by atoms with E-state index >= 15 is 0 Å². The zero-order valence-electron chi connectivity index (χ0n) is 11.5. The summed E-state index contributed by atoms with van der Waals surface area (Å²) in [6.07, 6.45) is 5.89.